The van der Waals surface area contributed by atoms with Crippen molar-refractivity contribution < 1.29 is 24.9 Å². The third-order valence-electron chi connectivity index (χ3n) is 5.36. The van der Waals surface area contributed by atoms with Crippen molar-refractivity contribution >= 4 is 5.91 Å². The molecule has 4 N–H and O–H groups in total. The second-order valence-electron chi connectivity index (χ2n) is 6.95. The van der Waals surface area contributed by atoms with Gasteiger partial charge in [-0.05, 0) is 41.5 Å². The summed E-state index contributed by atoms with van der Waals surface area (Å²) in [5.74, 6) is -0.340. The Morgan fingerprint density at radius 1 is 1.05 bits per heavy atom. The molecule has 0 aromatic carbocycles. The molecule has 118 valence electrons. The van der Waals surface area contributed by atoms with E-state index in [0.717, 1.165) is 0 Å². The Morgan fingerprint density at radius 2 is 1.50 bits per heavy atom. The molecule has 1 fully saturated rings. The van der Waals surface area contributed by atoms with E-state index in [1.54, 1.807) is 20.8 Å². The Labute approximate surface area is 120 Å². The van der Waals surface area contributed by atoms with Crippen molar-refractivity contribution in [2.45, 2.75) is 76.4 Å². The van der Waals surface area contributed by atoms with Gasteiger partial charge in [0.15, 0.2) is 0 Å². The quantitative estimate of drug-likeness (QED) is 0.571. The first kappa shape index (κ1) is 17.4. The van der Waals surface area contributed by atoms with Crippen LogP contribution in [0.4, 0.5) is 0 Å². The van der Waals surface area contributed by atoms with Crippen molar-refractivity contribution in [2.75, 3.05) is 6.61 Å². The van der Waals surface area contributed by atoms with Gasteiger partial charge in [-0.1, -0.05) is 0 Å². The molecule has 20 heavy (non-hydrogen) atoms. The number of nitrogens with one attached hydrogen (secondary N) is 1. The van der Waals surface area contributed by atoms with Crippen LogP contribution < -0.4 is 5.32 Å². The van der Waals surface area contributed by atoms with Crippen LogP contribution in [0.25, 0.3) is 0 Å². The number of aliphatic hydroxyl groups excluding tert-OH is 1. The molecule has 1 amide bonds. The molecule has 6 nitrogen and oxygen atoms in total. The largest absolute Gasteiger partial charge is 0.393 e. The Balaban J connectivity index is 3.53. The average molecular weight is 289 g/mol. The molecular weight excluding hydrogens is 262 g/mol. The maximum Gasteiger partial charge on any atom is 0.217 e. The van der Waals surface area contributed by atoms with Crippen molar-refractivity contribution in [3.63, 3.8) is 0 Å². The van der Waals surface area contributed by atoms with Crippen molar-refractivity contribution in [3.8, 4) is 0 Å². The maximum atomic E-state index is 11.5. The number of rotatable bonds is 2. The summed E-state index contributed by atoms with van der Waals surface area (Å²) in [5, 5.41) is 34.2. The lowest BCUT2D eigenvalue weighted by Crippen LogP contribution is -2.87. The minimum Gasteiger partial charge on any atom is -0.393 e. The molecule has 0 spiro atoms. The number of carbonyl (C=O) groups is 1. The van der Waals surface area contributed by atoms with Crippen LogP contribution in [0, 0.1) is 0 Å². The Hall–Kier alpha value is -0.690. The zero-order valence-corrected chi connectivity index (χ0v) is 13.4. The summed E-state index contributed by atoms with van der Waals surface area (Å²) in [4.78, 5) is 11.5. The zero-order chi connectivity index (χ0) is 16.2. The van der Waals surface area contributed by atoms with Crippen LogP contribution in [0.5, 0.6) is 0 Å². The minimum absolute atomic E-state index is 0.340. The van der Waals surface area contributed by atoms with Crippen LogP contribution in [0.2, 0.25) is 0 Å². The fourth-order valence-electron chi connectivity index (χ4n) is 3.16. The molecular formula is C14H27NO5. The predicted molar refractivity (Wildman–Crippen MR) is 74.1 cm³/mol. The van der Waals surface area contributed by atoms with Crippen molar-refractivity contribution in [3.05, 3.63) is 0 Å². The van der Waals surface area contributed by atoms with Gasteiger partial charge >= 0.3 is 0 Å². The molecule has 0 aromatic rings. The van der Waals surface area contributed by atoms with Crippen LogP contribution in [-0.4, -0.2) is 55.8 Å². The van der Waals surface area contributed by atoms with Crippen LogP contribution >= 0.6 is 0 Å². The molecule has 0 aliphatic carbocycles. The van der Waals surface area contributed by atoms with E-state index in [1.807, 2.05) is 0 Å². The molecule has 1 unspecified atom stereocenters. The molecule has 0 aromatic heterocycles. The molecule has 0 radical (unpaired) electrons. The molecule has 1 heterocycles. The maximum absolute atomic E-state index is 11.5. The van der Waals surface area contributed by atoms with E-state index in [4.69, 9.17) is 4.74 Å². The highest BCUT2D eigenvalue weighted by atomic mass is 16.6. The summed E-state index contributed by atoms with van der Waals surface area (Å²) in [6.07, 6.45) is 0. The van der Waals surface area contributed by atoms with Gasteiger partial charge in [0, 0.05) is 6.92 Å². The van der Waals surface area contributed by atoms with Gasteiger partial charge < -0.3 is 25.4 Å². The summed E-state index contributed by atoms with van der Waals surface area (Å²) >= 11 is 0. The van der Waals surface area contributed by atoms with Gasteiger partial charge in [0.05, 0.1) is 17.7 Å². The first-order chi connectivity index (χ1) is 8.68. The molecule has 1 rings (SSSR count). The first-order valence-corrected chi connectivity index (χ1v) is 6.73. The summed E-state index contributed by atoms with van der Waals surface area (Å²) in [6.45, 7) is 10.3. The second kappa shape index (κ2) is 4.40. The van der Waals surface area contributed by atoms with Gasteiger partial charge in [-0.3, -0.25) is 4.79 Å². The molecule has 6 heteroatoms. The van der Waals surface area contributed by atoms with Gasteiger partial charge in [-0.2, -0.15) is 0 Å². The molecule has 1 aliphatic heterocycles. The normalized spacial score (nSPS) is 47.9. The van der Waals surface area contributed by atoms with Gasteiger partial charge in [-0.15, -0.1) is 0 Å². The first-order valence-electron chi connectivity index (χ1n) is 6.73. The van der Waals surface area contributed by atoms with Gasteiger partial charge in [0.25, 0.3) is 0 Å². The van der Waals surface area contributed by atoms with E-state index in [0.29, 0.717) is 0 Å². The third kappa shape index (κ3) is 1.89. The molecule has 4 atom stereocenters. The lowest BCUT2D eigenvalue weighted by molar-refractivity contribution is -0.363. The fraction of sp³-hybridized carbons (Fsp3) is 0.929. The summed E-state index contributed by atoms with van der Waals surface area (Å²) in [6, 6.07) is 0. The summed E-state index contributed by atoms with van der Waals surface area (Å²) in [7, 11) is 0. The van der Waals surface area contributed by atoms with Crippen LogP contribution in [0.15, 0.2) is 0 Å². The number of hydrogen-bond acceptors (Lipinski definition) is 5. The van der Waals surface area contributed by atoms with Crippen LogP contribution in [-0.2, 0) is 9.53 Å². The molecule has 1 aliphatic rings. The standard InChI is InChI=1S/C14H27NO5/c1-9(17)15-12(5)10(2,3)20-11(4,8-16)13(6,18)14(12,7)19/h16,18-19H,8H2,1-7H3,(H,15,17)/t11?,12-,13-,14+/m1/s1. The minimum atomic E-state index is -1.78. The Kier molecular flexibility index (Phi) is 3.82. The summed E-state index contributed by atoms with van der Waals surface area (Å²) < 4.78 is 5.90. The van der Waals surface area contributed by atoms with Crippen LogP contribution in [0.1, 0.15) is 48.5 Å². The predicted octanol–water partition coefficient (Wildman–Crippen LogP) is -0.0570. The van der Waals surface area contributed by atoms with Crippen molar-refractivity contribution in [2.24, 2.45) is 0 Å². The highest BCUT2D eigenvalue weighted by Gasteiger charge is 2.72. The zero-order valence-electron chi connectivity index (χ0n) is 13.4. The van der Waals surface area contributed by atoms with E-state index in [-0.39, 0.29) is 5.91 Å². The number of hydrogen-bond donors (Lipinski definition) is 4. The van der Waals surface area contributed by atoms with E-state index >= 15 is 0 Å². The van der Waals surface area contributed by atoms with E-state index in [9.17, 15) is 20.1 Å². The Bertz CT molecular complexity index is 418. The molecule has 0 saturated carbocycles. The van der Waals surface area contributed by atoms with Gasteiger partial charge in [0.1, 0.15) is 16.8 Å². The number of ether oxygens (including phenoxy) is 1. The van der Waals surface area contributed by atoms with E-state index in [1.165, 1.54) is 27.7 Å². The highest BCUT2D eigenvalue weighted by molar-refractivity contribution is 5.74. The monoisotopic (exact) mass is 289 g/mol. The number of amides is 1. The number of aliphatic hydroxyl groups is 3. The van der Waals surface area contributed by atoms with Crippen molar-refractivity contribution in [1.82, 2.24) is 5.32 Å². The lowest BCUT2D eigenvalue weighted by atomic mass is 9.57. The third-order valence-corrected chi connectivity index (χ3v) is 5.36. The lowest BCUT2D eigenvalue weighted by Gasteiger charge is -2.67. The summed E-state index contributed by atoms with van der Waals surface area (Å²) in [5.41, 5.74) is -7.13. The van der Waals surface area contributed by atoms with Crippen molar-refractivity contribution in [1.29, 1.82) is 0 Å². The van der Waals surface area contributed by atoms with Crippen LogP contribution in [0.3, 0.4) is 0 Å². The van der Waals surface area contributed by atoms with Gasteiger partial charge in [-0.25, -0.2) is 0 Å². The molecule has 0 bridgehead atoms. The smallest absolute Gasteiger partial charge is 0.217 e. The SMILES string of the molecule is CC(=O)N[C@]1(C)C(C)(C)OC(C)(CO)[C@@](C)(O)[C@@]1(C)O. The highest BCUT2D eigenvalue weighted by Crippen LogP contribution is 2.53. The Morgan fingerprint density at radius 3 is 1.85 bits per heavy atom. The second-order valence-corrected chi connectivity index (χ2v) is 6.95. The molecule has 1 saturated heterocycles. The topological polar surface area (TPSA) is 99.0 Å². The van der Waals surface area contributed by atoms with E-state index in [2.05, 4.69) is 5.32 Å². The van der Waals surface area contributed by atoms with Gasteiger partial charge in [0.2, 0.25) is 5.91 Å². The number of carbonyl (C=O) groups excluding carboxylic acids is 1. The average Bonchev–Trinajstić information content (AvgIpc) is 2.24. The van der Waals surface area contributed by atoms with E-state index < -0.39 is 34.6 Å². The fourth-order valence-corrected chi connectivity index (χ4v) is 3.16.